The summed E-state index contributed by atoms with van der Waals surface area (Å²) in [7, 11) is 1.32. The lowest BCUT2D eigenvalue weighted by Crippen LogP contribution is -2.14. The van der Waals surface area contributed by atoms with Crippen LogP contribution in [0.4, 0.5) is 5.69 Å². The maximum Gasteiger partial charge on any atom is 0.338 e. The number of amides is 1. The van der Waals surface area contributed by atoms with E-state index >= 15 is 0 Å². The molecule has 0 aliphatic carbocycles. The van der Waals surface area contributed by atoms with Gasteiger partial charge in [0.2, 0.25) is 0 Å². The molecule has 5 nitrogen and oxygen atoms in total. The van der Waals surface area contributed by atoms with Crippen molar-refractivity contribution in [1.82, 2.24) is 4.98 Å². The molecule has 0 saturated heterocycles. The van der Waals surface area contributed by atoms with Crippen LogP contribution in [0.5, 0.6) is 0 Å². The highest BCUT2D eigenvalue weighted by molar-refractivity contribution is 9.10. The summed E-state index contributed by atoms with van der Waals surface area (Å²) in [5, 5.41) is 2.78. The van der Waals surface area contributed by atoms with Crippen molar-refractivity contribution in [3.8, 4) is 0 Å². The molecule has 1 aromatic carbocycles. The average Bonchev–Trinajstić information content (AvgIpc) is 2.48. The number of carbonyl (C=O) groups excluding carboxylic acids is 2. The molecule has 1 amide bonds. The third-order valence-electron chi connectivity index (χ3n) is 2.98. The normalized spacial score (nSPS) is 10.0. The quantitative estimate of drug-likeness (QED) is 0.683. The van der Waals surface area contributed by atoms with Crippen molar-refractivity contribution in [3.05, 3.63) is 57.8 Å². The number of halogens is 1. The molecule has 0 aliphatic rings. The fourth-order valence-corrected chi connectivity index (χ4v) is 2.21. The predicted molar refractivity (Wildman–Crippen MR) is 82.4 cm³/mol. The van der Waals surface area contributed by atoms with E-state index in [1.807, 2.05) is 0 Å². The zero-order chi connectivity index (χ0) is 15.4. The predicted octanol–water partition coefficient (Wildman–Crippen LogP) is 3.19. The minimum absolute atomic E-state index is 0.275. The molecule has 6 heteroatoms. The largest absolute Gasteiger partial charge is 0.465 e. The van der Waals surface area contributed by atoms with Gasteiger partial charge in [-0.05, 0) is 52.7 Å². The molecular weight excluding hydrogens is 336 g/mol. The first-order valence-corrected chi connectivity index (χ1v) is 6.93. The summed E-state index contributed by atoms with van der Waals surface area (Å²) in [4.78, 5) is 27.8. The number of aromatic nitrogens is 1. The molecule has 108 valence electrons. The molecule has 0 radical (unpaired) electrons. The molecule has 2 aromatic rings. The number of pyridine rings is 1. The second kappa shape index (κ2) is 6.49. The van der Waals surface area contributed by atoms with Crippen LogP contribution in [0.1, 0.15) is 26.3 Å². The minimum Gasteiger partial charge on any atom is -0.465 e. The highest BCUT2D eigenvalue weighted by Gasteiger charge is 2.14. The van der Waals surface area contributed by atoms with Gasteiger partial charge >= 0.3 is 5.97 Å². The summed E-state index contributed by atoms with van der Waals surface area (Å²) in [6.45, 7) is 1.75. The molecule has 1 heterocycles. The second-order valence-corrected chi connectivity index (χ2v) is 5.10. The van der Waals surface area contributed by atoms with Crippen LogP contribution in [0.15, 0.2) is 41.1 Å². The van der Waals surface area contributed by atoms with Gasteiger partial charge in [-0.15, -0.1) is 0 Å². The molecule has 0 aliphatic heterocycles. The van der Waals surface area contributed by atoms with Crippen LogP contribution in [-0.4, -0.2) is 24.0 Å². The van der Waals surface area contributed by atoms with Gasteiger partial charge in [-0.1, -0.05) is 6.07 Å². The smallest absolute Gasteiger partial charge is 0.338 e. The van der Waals surface area contributed by atoms with Gasteiger partial charge in [-0.2, -0.15) is 0 Å². The Morgan fingerprint density at radius 2 is 2.05 bits per heavy atom. The van der Waals surface area contributed by atoms with E-state index in [0.717, 1.165) is 0 Å². The van der Waals surface area contributed by atoms with E-state index in [2.05, 4.69) is 26.2 Å². The first-order valence-electron chi connectivity index (χ1n) is 6.13. The van der Waals surface area contributed by atoms with Crippen molar-refractivity contribution in [2.45, 2.75) is 6.92 Å². The van der Waals surface area contributed by atoms with Crippen LogP contribution in [-0.2, 0) is 4.74 Å². The molecular formula is C15H13BrN2O3. The fourth-order valence-electron chi connectivity index (χ4n) is 1.84. The number of hydrogen-bond donors (Lipinski definition) is 1. The molecule has 0 atom stereocenters. The van der Waals surface area contributed by atoms with Crippen LogP contribution in [0.25, 0.3) is 0 Å². The van der Waals surface area contributed by atoms with Crippen molar-refractivity contribution >= 4 is 33.5 Å². The Morgan fingerprint density at radius 3 is 2.71 bits per heavy atom. The Morgan fingerprint density at radius 1 is 1.29 bits per heavy atom. The fraction of sp³-hybridized carbons (Fsp3) is 0.133. The van der Waals surface area contributed by atoms with E-state index in [4.69, 9.17) is 4.74 Å². The summed E-state index contributed by atoms with van der Waals surface area (Å²) >= 11 is 3.22. The standard InChI is InChI=1S/C15H13BrN2O3/c1-9-11(15(20)21-2)4-3-5-12(9)18-14(19)10-6-7-17-13(16)8-10/h3-8H,1-2H3,(H,18,19). The summed E-state index contributed by atoms with van der Waals surface area (Å²) in [5.41, 5.74) is 2.12. The SMILES string of the molecule is COC(=O)c1cccc(NC(=O)c2ccnc(Br)c2)c1C. The third kappa shape index (κ3) is 3.46. The third-order valence-corrected chi connectivity index (χ3v) is 3.41. The Labute approximate surface area is 130 Å². The van der Waals surface area contributed by atoms with Crippen LogP contribution in [0.2, 0.25) is 0 Å². The number of benzene rings is 1. The van der Waals surface area contributed by atoms with Crippen molar-refractivity contribution in [3.63, 3.8) is 0 Å². The second-order valence-electron chi connectivity index (χ2n) is 4.29. The zero-order valence-corrected chi connectivity index (χ0v) is 13.1. The van der Waals surface area contributed by atoms with Crippen LogP contribution in [0, 0.1) is 6.92 Å². The van der Waals surface area contributed by atoms with Crippen LogP contribution < -0.4 is 5.32 Å². The van der Waals surface area contributed by atoms with Gasteiger partial charge in [0.15, 0.2) is 0 Å². The number of anilines is 1. The summed E-state index contributed by atoms with van der Waals surface area (Å²) < 4.78 is 5.29. The number of hydrogen-bond acceptors (Lipinski definition) is 4. The number of nitrogens with one attached hydrogen (secondary N) is 1. The van der Waals surface area contributed by atoms with Crippen LogP contribution in [0.3, 0.4) is 0 Å². The summed E-state index contributed by atoms with van der Waals surface area (Å²) in [5.74, 6) is -0.710. The molecule has 0 unspecified atom stereocenters. The monoisotopic (exact) mass is 348 g/mol. The van der Waals surface area contributed by atoms with E-state index in [-0.39, 0.29) is 5.91 Å². The maximum absolute atomic E-state index is 12.2. The first-order chi connectivity index (χ1) is 10.0. The highest BCUT2D eigenvalue weighted by Crippen LogP contribution is 2.20. The van der Waals surface area contributed by atoms with Crippen molar-refractivity contribution in [2.75, 3.05) is 12.4 Å². The van der Waals surface area contributed by atoms with E-state index in [9.17, 15) is 9.59 Å². The Hall–Kier alpha value is -2.21. The highest BCUT2D eigenvalue weighted by atomic mass is 79.9. The number of nitrogens with zero attached hydrogens (tertiary/aromatic N) is 1. The van der Waals surface area contributed by atoms with E-state index < -0.39 is 5.97 Å². The van der Waals surface area contributed by atoms with Gasteiger partial charge in [-0.3, -0.25) is 4.79 Å². The number of carbonyl (C=O) groups is 2. The molecule has 0 spiro atoms. The molecule has 21 heavy (non-hydrogen) atoms. The molecule has 1 N–H and O–H groups in total. The lowest BCUT2D eigenvalue weighted by Gasteiger charge is -2.11. The molecule has 0 bridgehead atoms. The molecule has 2 rings (SSSR count). The van der Waals surface area contributed by atoms with Gasteiger partial charge < -0.3 is 10.1 Å². The molecule has 0 fully saturated rings. The van der Waals surface area contributed by atoms with E-state index in [1.54, 1.807) is 37.3 Å². The number of ether oxygens (including phenoxy) is 1. The van der Waals surface area contributed by atoms with Crippen LogP contribution >= 0.6 is 15.9 Å². The lowest BCUT2D eigenvalue weighted by atomic mass is 10.1. The topological polar surface area (TPSA) is 68.3 Å². The van der Waals surface area contributed by atoms with Gasteiger partial charge in [0.1, 0.15) is 4.60 Å². The lowest BCUT2D eigenvalue weighted by molar-refractivity contribution is 0.0599. The van der Waals surface area contributed by atoms with Crippen molar-refractivity contribution < 1.29 is 14.3 Å². The van der Waals surface area contributed by atoms with Gasteiger partial charge in [0.05, 0.1) is 12.7 Å². The average molecular weight is 349 g/mol. The Bertz CT molecular complexity index is 701. The number of rotatable bonds is 3. The van der Waals surface area contributed by atoms with E-state index in [0.29, 0.717) is 27.0 Å². The Kier molecular flexibility index (Phi) is 4.70. The number of methoxy groups -OCH3 is 1. The summed E-state index contributed by atoms with van der Waals surface area (Å²) in [6, 6.07) is 8.31. The number of esters is 1. The molecule has 0 saturated carbocycles. The van der Waals surface area contributed by atoms with E-state index in [1.165, 1.54) is 13.3 Å². The zero-order valence-electron chi connectivity index (χ0n) is 11.5. The Balaban J connectivity index is 2.28. The first kappa shape index (κ1) is 15.2. The minimum atomic E-state index is -0.435. The van der Waals surface area contributed by atoms with Crippen molar-refractivity contribution in [1.29, 1.82) is 0 Å². The maximum atomic E-state index is 12.2. The van der Waals surface area contributed by atoms with Gasteiger partial charge in [-0.25, -0.2) is 9.78 Å². The van der Waals surface area contributed by atoms with Gasteiger partial charge in [0, 0.05) is 17.4 Å². The summed E-state index contributed by atoms with van der Waals surface area (Å²) in [6.07, 6.45) is 1.54. The van der Waals surface area contributed by atoms with Gasteiger partial charge in [0.25, 0.3) is 5.91 Å². The molecule has 1 aromatic heterocycles. The van der Waals surface area contributed by atoms with Crippen molar-refractivity contribution in [2.24, 2.45) is 0 Å².